The van der Waals surface area contributed by atoms with Crippen molar-refractivity contribution in [3.63, 3.8) is 0 Å². The Morgan fingerprint density at radius 2 is 1.47 bits per heavy atom. The fourth-order valence-electron chi connectivity index (χ4n) is 4.11. The first-order chi connectivity index (χ1) is 16.8. The number of rotatable bonds is 17. The molecule has 1 saturated heterocycles. The minimum Gasteiger partial charge on any atom is -0.465 e. The number of hydrogen-bond acceptors (Lipinski definition) is 9. The van der Waals surface area contributed by atoms with Gasteiger partial charge in [-0.1, -0.05) is 41.5 Å². The number of aliphatic hydroxyl groups is 2. The zero-order valence-electron chi connectivity index (χ0n) is 22.4. The molecule has 1 aliphatic heterocycles. The lowest BCUT2D eigenvalue weighted by Gasteiger charge is -2.30. The molecule has 0 bridgehead atoms. The predicted octanol–water partition coefficient (Wildman–Crippen LogP) is 2.29. The first kappa shape index (κ1) is 31.1. The second-order valence-corrected chi connectivity index (χ2v) is 12.5. The van der Waals surface area contributed by atoms with Crippen molar-refractivity contribution < 1.29 is 43.1 Å². The number of esters is 2. The average molecular weight is 537 g/mol. The Hall–Kier alpha value is -1.07. The van der Waals surface area contributed by atoms with E-state index in [1.165, 1.54) is 0 Å². The molecule has 0 amide bonds. The molecule has 11 nitrogen and oxygen atoms in total. The highest BCUT2D eigenvalue weighted by Gasteiger charge is 2.67. The van der Waals surface area contributed by atoms with Crippen molar-refractivity contribution >= 4 is 19.6 Å². The second kappa shape index (κ2) is 13.6. The zero-order valence-corrected chi connectivity index (χ0v) is 23.3. The normalized spacial score (nSPS) is 27.1. The van der Waals surface area contributed by atoms with Crippen LogP contribution < -0.4 is 10.2 Å². The van der Waals surface area contributed by atoms with E-state index in [2.05, 4.69) is 10.2 Å². The SMILES string of the molecule is CCCOC(=O)[C@H](CC(C)C)NP(=O)(N[C@@H](CC(C)C)C(=O)OCCC)OC[C@H]1O[C@H]2CC2(O)C1O. The molecule has 210 valence electrons. The highest BCUT2D eigenvalue weighted by molar-refractivity contribution is 7.54. The highest BCUT2D eigenvalue weighted by Crippen LogP contribution is 2.51. The molecule has 12 heteroatoms. The van der Waals surface area contributed by atoms with Crippen LogP contribution in [0.4, 0.5) is 0 Å². The summed E-state index contributed by atoms with van der Waals surface area (Å²) in [5, 5.41) is 26.3. The van der Waals surface area contributed by atoms with E-state index >= 15 is 0 Å². The molecular formula is C24H45N2O9P. The van der Waals surface area contributed by atoms with Crippen molar-refractivity contribution in [3.05, 3.63) is 0 Å². The summed E-state index contributed by atoms with van der Waals surface area (Å²) in [4.78, 5) is 25.6. The minimum atomic E-state index is -4.10. The van der Waals surface area contributed by atoms with Crippen LogP contribution in [0.2, 0.25) is 0 Å². The average Bonchev–Trinajstić information content (AvgIpc) is 3.40. The van der Waals surface area contributed by atoms with Crippen LogP contribution in [0.5, 0.6) is 0 Å². The van der Waals surface area contributed by atoms with Crippen molar-refractivity contribution in [2.75, 3.05) is 19.8 Å². The van der Waals surface area contributed by atoms with Crippen molar-refractivity contribution in [3.8, 4) is 0 Å². The molecule has 4 N–H and O–H groups in total. The van der Waals surface area contributed by atoms with Gasteiger partial charge in [0.05, 0.1) is 25.9 Å². The number of nitrogens with one attached hydrogen (secondary N) is 2. The second-order valence-electron chi connectivity index (χ2n) is 10.6. The molecule has 6 atom stereocenters. The van der Waals surface area contributed by atoms with Gasteiger partial charge in [0.1, 0.15) is 29.9 Å². The highest BCUT2D eigenvalue weighted by atomic mass is 31.2. The van der Waals surface area contributed by atoms with Crippen LogP contribution in [0, 0.1) is 11.8 Å². The van der Waals surface area contributed by atoms with Gasteiger partial charge in [-0.25, -0.2) is 10.2 Å². The molecule has 36 heavy (non-hydrogen) atoms. The summed E-state index contributed by atoms with van der Waals surface area (Å²) in [7, 11) is -4.10. The van der Waals surface area contributed by atoms with Gasteiger partial charge in [-0.3, -0.25) is 14.2 Å². The third-order valence-corrected chi connectivity index (χ3v) is 7.88. The fourth-order valence-corrected chi connectivity index (χ4v) is 5.93. The molecular weight excluding hydrogens is 491 g/mol. The maximum absolute atomic E-state index is 14.1. The maximum Gasteiger partial charge on any atom is 0.342 e. The fraction of sp³-hybridized carbons (Fsp3) is 0.917. The molecule has 0 spiro atoms. The Balaban J connectivity index is 2.25. The summed E-state index contributed by atoms with van der Waals surface area (Å²) >= 11 is 0. The summed E-state index contributed by atoms with van der Waals surface area (Å²) in [6.45, 7) is 11.5. The van der Waals surface area contributed by atoms with Crippen LogP contribution in [0.15, 0.2) is 0 Å². The van der Waals surface area contributed by atoms with E-state index in [0.717, 1.165) is 0 Å². The molecule has 0 radical (unpaired) electrons. The molecule has 2 aliphatic rings. The Kier molecular flexibility index (Phi) is 11.8. The van der Waals surface area contributed by atoms with Gasteiger partial charge in [-0.15, -0.1) is 0 Å². The van der Waals surface area contributed by atoms with Crippen LogP contribution >= 0.6 is 7.67 Å². The maximum atomic E-state index is 14.1. The zero-order chi connectivity index (χ0) is 27.1. The summed E-state index contributed by atoms with van der Waals surface area (Å²) < 4.78 is 36.1. The molecule has 0 aromatic heterocycles. The van der Waals surface area contributed by atoms with Gasteiger partial charge < -0.3 is 28.9 Å². The quantitative estimate of drug-likeness (QED) is 0.160. The van der Waals surface area contributed by atoms with Gasteiger partial charge in [0.2, 0.25) is 0 Å². The molecule has 2 rings (SSSR count). The first-order valence-corrected chi connectivity index (χ1v) is 14.7. The Morgan fingerprint density at radius 1 is 1.00 bits per heavy atom. The summed E-state index contributed by atoms with van der Waals surface area (Å²) in [5.74, 6) is -1.02. The third kappa shape index (κ3) is 8.75. The molecule has 2 fully saturated rings. The van der Waals surface area contributed by atoms with Crippen LogP contribution in [0.1, 0.15) is 73.6 Å². The van der Waals surface area contributed by atoms with Crippen LogP contribution in [-0.2, 0) is 32.9 Å². The molecule has 0 aromatic carbocycles. The van der Waals surface area contributed by atoms with E-state index in [4.69, 9.17) is 18.7 Å². The van der Waals surface area contributed by atoms with Crippen LogP contribution in [-0.4, -0.2) is 78.0 Å². The third-order valence-electron chi connectivity index (χ3n) is 6.07. The summed E-state index contributed by atoms with van der Waals surface area (Å²) in [6.07, 6.45) is -0.362. The van der Waals surface area contributed by atoms with Gasteiger partial charge >= 0.3 is 19.6 Å². The first-order valence-electron chi connectivity index (χ1n) is 13.0. The Labute approximate surface area is 214 Å². The summed E-state index contributed by atoms with van der Waals surface area (Å²) in [6, 6.07) is -1.93. The van der Waals surface area contributed by atoms with E-state index in [1.807, 2.05) is 41.5 Å². The van der Waals surface area contributed by atoms with Crippen molar-refractivity contribution in [1.29, 1.82) is 0 Å². The number of carbonyl (C=O) groups excluding carboxylic acids is 2. The van der Waals surface area contributed by atoms with E-state index < -0.39 is 55.6 Å². The molecule has 1 aliphatic carbocycles. The Morgan fingerprint density at radius 3 is 1.83 bits per heavy atom. The summed E-state index contributed by atoms with van der Waals surface area (Å²) in [5.41, 5.74) is -1.31. The Bertz CT molecular complexity index is 741. The predicted molar refractivity (Wildman–Crippen MR) is 133 cm³/mol. The van der Waals surface area contributed by atoms with Gasteiger partial charge in [0.15, 0.2) is 0 Å². The topological polar surface area (TPSA) is 153 Å². The van der Waals surface area contributed by atoms with E-state index in [9.17, 15) is 24.4 Å². The molecule has 0 aromatic rings. The number of fused-ring (bicyclic) bond motifs is 1. The lowest BCUT2D eigenvalue weighted by atomic mass is 10.1. The molecule has 2 unspecified atom stereocenters. The van der Waals surface area contributed by atoms with Crippen molar-refractivity contribution in [2.24, 2.45) is 11.8 Å². The van der Waals surface area contributed by atoms with Gasteiger partial charge in [0, 0.05) is 6.42 Å². The number of aliphatic hydroxyl groups excluding tert-OH is 1. The standard InChI is InChI=1S/C24H45N2O9P/c1-7-9-32-22(28)17(11-15(3)4)25-36(31,26-18(12-16(5)6)23(29)33-10-8-2)34-14-19-21(27)24(30)13-20(24)35-19/h15-21,27,30H,7-14H2,1-6H3,(H2,25,26,31)/t17-,18-,19+,20-,21?,24?/m0/s1. The largest absolute Gasteiger partial charge is 0.465 e. The van der Waals surface area contributed by atoms with Crippen LogP contribution in [0.3, 0.4) is 0 Å². The van der Waals surface area contributed by atoms with Gasteiger partial charge in [-0.2, -0.15) is 0 Å². The van der Waals surface area contributed by atoms with Crippen molar-refractivity contribution in [1.82, 2.24) is 10.2 Å². The van der Waals surface area contributed by atoms with E-state index in [1.54, 1.807) is 0 Å². The van der Waals surface area contributed by atoms with Gasteiger partial charge in [-0.05, 0) is 37.5 Å². The smallest absolute Gasteiger partial charge is 0.342 e. The molecule has 1 heterocycles. The van der Waals surface area contributed by atoms with Crippen LogP contribution in [0.25, 0.3) is 0 Å². The monoisotopic (exact) mass is 536 g/mol. The van der Waals surface area contributed by atoms with Crippen molar-refractivity contribution in [2.45, 2.75) is 110 Å². The molecule has 1 saturated carbocycles. The number of hydrogen-bond donors (Lipinski definition) is 4. The lowest BCUT2D eigenvalue weighted by Crippen LogP contribution is -2.46. The number of ether oxygens (including phenoxy) is 3. The van der Waals surface area contributed by atoms with Gasteiger partial charge in [0.25, 0.3) is 0 Å². The lowest BCUT2D eigenvalue weighted by molar-refractivity contribution is -0.146. The van der Waals surface area contributed by atoms with E-state index in [0.29, 0.717) is 32.1 Å². The number of carbonyl (C=O) groups is 2. The minimum absolute atomic E-state index is 0.0625. The van der Waals surface area contributed by atoms with E-state index in [-0.39, 0.29) is 31.7 Å².